The molecule has 1 aliphatic rings. The second-order valence-electron chi connectivity index (χ2n) is 6.54. The van der Waals surface area contributed by atoms with Crippen LogP contribution in [0.4, 0.5) is 0 Å². The van der Waals surface area contributed by atoms with Crippen molar-refractivity contribution in [3.63, 3.8) is 0 Å². The van der Waals surface area contributed by atoms with E-state index in [1.165, 1.54) is 0 Å². The molecular formula is C19H26N4O3. The van der Waals surface area contributed by atoms with Gasteiger partial charge in [0.25, 0.3) is 11.8 Å². The van der Waals surface area contributed by atoms with Crippen molar-refractivity contribution in [1.82, 2.24) is 19.6 Å². The summed E-state index contributed by atoms with van der Waals surface area (Å²) in [5, 5.41) is 2.77. The van der Waals surface area contributed by atoms with Crippen LogP contribution in [0.25, 0.3) is 5.52 Å². The molecule has 2 aromatic rings. The van der Waals surface area contributed by atoms with E-state index in [2.05, 4.69) is 17.2 Å². The Morgan fingerprint density at radius 3 is 2.96 bits per heavy atom. The minimum atomic E-state index is -0.312. The quantitative estimate of drug-likeness (QED) is 0.803. The number of pyridine rings is 1. The van der Waals surface area contributed by atoms with Crippen molar-refractivity contribution in [3.8, 4) is 0 Å². The SMILES string of the molecule is CCC1CCCCN1C(=O)c1nc(C(=O)NCCOC)n2ccccc12. The van der Waals surface area contributed by atoms with E-state index in [1.807, 2.05) is 23.1 Å². The molecule has 1 atom stereocenters. The number of carbonyl (C=O) groups is 2. The zero-order chi connectivity index (χ0) is 18.5. The lowest BCUT2D eigenvalue weighted by Crippen LogP contribution is -2.43. The molecule has 140 valence electrons. The first kappa shape index (κ1) is 18.4. The number of nitrogens with zero attached hydrogens (tertiary/aromatic N) is 3. The molecule has 0 radical (unpaired) electrons. The van der Waals surface area contributed by atoms with Gasteiger partial charge >= 0.3 is 0 Å². The minimum absolute atomic E-state index is 0.0869. The molecule has 2 amide bonds. The first-order valence-corrected chi connectivity index (χ1v) is 9.22. The number of rotatable bonds is 6. The fourth-order valence-electron chi connectivity index (χ4n) is 3.53. The molecule has 7 heteroatoms. The molecule has 1 unspecified atom stereocenters. The van der Waals surface area contributed by atoms with E-state index in [1.54, 1.807) is 17.7 Å². The zero-order valence-electron chi connectivity index (χ0n) is 15.4. The van der Waals surface area contributed by atoms with Crippen LogP contribution in [0.15, 0.2) is 24.4 Å². The van der Waals surface area contributed by atoms with Gasteiger partial charge in [-0.1, -0.05) is 13.0 Å². The number of hydrogen-bond donors (Lipinski definition) is 1. The standard InChI is InChI=1S/C19H26N4O3/c1-3-14-8-4-6-11-22(14)19(25)16-15-9-5-7-12-23(15)17(21-16)18(24)20-10-13-26-2/h5,7,9,12,14H,3-4,6,8,10-11,13H2,1-2H3,(H,20,24). The molecule has 0 saturated carbocycles. The Hall–Kier alpha value is -2.41. The van der Waals surface area contributed by atoms with Crippen molar-refractivity contribution in [1.29, 1.82) is 0 Å². The normalized spacial score (nSPS) is 17.5. The number of ether oxygens (including phenoxy) is 1. The number of hydrogen-bond acceptors (Lipinski definition) is 4. The predicted octanol–water partition coefficient (Wildman–Crippen LogP) is 2.12. The number of amides is 2. The van der Waals surface area contributed by atoms with Crippen LogP contribution in [-0.4, -0.2) is 58.9 Å². The number of imidazole rings is 1. The third-order valence-electron chi connectivity index (χ3n) is 4.91. The van der Waals surface area contributed by atoms with Crippen LogP contribution < -0.4 is 5.32 Å². The molecule has 1 N–H and O–H groups in total. The summed E-state index contributed by atoms with van der Waals surface area (Å²) < 4.78 is 6.64. The minimum Gasteiger partial charge on any atom is -0.383 e. The van der Waals surface area contributed by atoms with Gasteiger partial charge in [-0.2, -0.15) is 0 Å². The van der Waals surface area contributed by atoms with Crippen LogP contribution in [0.2, 0.25) is 0 Å². The maximum Gasteiger partial charge on any atom is 0.287 e. The van der Waals surface area contributed by atoms with Gasteiger partial charge in [-0.3, -0.25) is 14.0 Å². The summed E-state index contributed by atoms with van der Waals surface area (Å²) in [6.07, 6.45) is 5.88. The molecular weight excluding hydrogens is 332 g/mol. The largest absolute Gasteiger partial charge is 0.383 e. The average molecular weight is 358 g/mol. The number of carbonyl (C=O) groups excluding carboxylic acids is 2. The van der Waals surface area contributed by atoms with Gasteiger partial charge in [0.2, 0.25) is 5.82 Å². The van der Waals surface area contributed by atoms with Gasteiger partial charge in [-0.25, -0.2) is 4.98 Å². The highest BCUT2D eigenvalue weighted by Crippen LogP contribution is 2.23. The van der Waals surface area contributed by atoms with E-state index in [-0.39, 0.29) is 23.7 Å². The van der Waals surface area contributed by atoms with Gasteiger partial charge < -0.3 is 15.0 Å². The van der Waals surface area contributed by atoms with E-state index < -0.39 is 0 Å². The van der Waals surface area contributed by atoms with Gasteiger partial charge in [-0.05, 0) is 37.8 Å². The van der Waals surface area contributed by atoms with Crippen molar-refractivity contribution in [2.45, 2.75) is 38.6 Å². The van der Waals surface area contributed by atoms with Crippen molar-refractivity contribution >= 4 is 17.3 Å². The van der Waals surface area contributed by atoms with Gasteiger partial charge in [0.1, 0.15) is 0 Å². The molecule has 0 spiro atoms. The fraction of sp³-hybridized carbons (Fsp3) is 0.526. The van der Waals surface area contributed by atoms with Crippen LogP contribution in [0, 0.1) is 0 Å². The van der Waals surface area contributed by atoms with E-state index in [4.69, 9.17) is 4.74 Å². The average Bonchev–Trinajstić information content (AvgIpc) is 3.07. The highest BCUT2D eigenvalue weighted by Gasteiger charge is 2.30. The molecule has 0 aliphatic carbocycles. The van der Waals surface area contributed by atoms with Gasteiger partial charge in [0.15, 0.2) is 5.69 Å². The molecule has 0 bridgehead atoms. The molecule has 3 heterocycles. The van der Waals surface area contributed by atoms with Crippen LogP contribution in [0.1, 0.15) is 53.7 Å². The molecule has 1 fully saturated rings. The molecule has 3 rings (SSSR count). The topological polar surface area (TPSA) is 75.9 Å². The smallest absolute Gasteiger partial charge is 0.287 e. The summed E-state index contributed by atoms with van der Waals surface area (Å²) in [6.45, 7) is 3.67. The maximum absolute atomic E-state index is 13.2. The monoisotopic (exact) mass is 358 g/mol. The van der Waals surface area contributed by atoms with E-state index in [0.717, 1.165) is 32.2 Å². The Bertz CT molecular complexity index is 786. The maximum atomic E-state index is 13.2. The van der Waals surface area contributed by atoms with Crippen LogP contribution in [0.3, 0.4) is 0 Å². The Morgan fingerprint density at radius 2 is 2.19 bits per heavy atom. The van der Waals surface area contributed by atoms with Crippen LogP contribution >= 0.6 is 0 Å². The highest BCUT2D eigenvalue weighted by atomic mass is 16.5. The van der Waals surface area contributed by atoms with Gasteiger partial charge in [0.05, 0.1) is 12.1 Å². The third-order valence-corrected chi connectivity index (χ3v) is 4.91. The zero-order valence-corrected chi connectivity index (χ0v) is 15.4. The molecule has 0 aromatic carbocycles. The van der Waals surface area contributed by atoms with Crippen molar-refractivity contribution in [3.05, 3.63) is 35.9 Å². The molecule has 26 heavy (non-hydrogen) atoms. The summed E-state index contributed by atoms with van der Waals surface area (Å²) in [6, 6.07) is 5.76. The highest BCUT2D eigenvalue weighted by molar-refractivity contribution is 6.02. The Balaban J connectivity index is 1.93. The fourth-order valence-corrected chi connectivity index (χ4v) is 3.53. The number of piperidine rings is 1. The Labute approximate surface area is 153 Å². The van der Waals surface area contributed by atoms with Gasteiger partial charge in [0, 0.05) is 32.4 Å². The van der Waals surface area contributed by atoms with Crippen LogP contribution in [0.5, 0.6) is 0 Å². The van der Waals surface area contributed by atoms with E-state index in [9.17, 15) is 9.59 Å². The van der Waals surface area contributed by atoms with Crippen molar-refractivity contribution < 1.29 is 14.3 Å². The summed E-state index contributed by atoms with van der Waals surface area (Å²) in [5.41, 5.74) is 1.01. The lowest BCUT2D eigenvalue weighted by atomic mass is 9.99. The molecule has 1 saturated heterocycles. The number of aromatic nitrogens is 2. The summed E-state index contributed by atoms with van der Waals surface area (Å²) in [5.74, 6) is -0.172. The third kappa shape index (κ3) is 3.58. The first-order valence-electron chi connectivity index (χ1n) is 9.22. The predicted molar refractivity (Wildman–Crippen MR) is 98.4 cm³/mol. The molecule has 7 nitrogen and oxygen atoms in total. The van der Waals surface area contributed by atoms with Crippen molar-refractivity contribution in [2.24, 2.45) is 0 Å². The number of nitrogens with one attached hydrogen (secondary N) is 1. The first-order chi connectivity index (χ1) is 12.7. The Kier molecular flexibility index (Phi) is 5.88. The van der Waals surface area contributed by atoms with E-state index in [0.29, 0.717) is 24.4 Å². The number of methoxy groups -OCH3 is 1. The van der Waals surface area contributed by atoms with Crippen LogP contribution in [-0.2, 0) is 4.74 Å². The lowest BCUT2D eigenvalue weighted by molar-refractivity contribution is 0.0604. The van der Waals surface area contributed by atoms with E-state index >= 15 is 0 Å². The lowest BCUT2D eigenvalue weighted by Gasteiger charge is -2.34. The number of likely N-dealkylation sites (tertiary alicyclic amines) is 1. The summed E-state index contributed by atoms with van der Waals surface area (Å²) in [7, 11) is 1.58. The second kappa shape index (κ2) is 8.31. The molecule has 2 aromatic heterocycles. The van der Waals surface area contributed by atoms with Crippen molar-refractivity contribution in [2.75, 3.05) is 26.8 Å². The summed E-state index contributed by atoms with van der Waals surface area (Å²) >= 11 is 0. The van der Waals surface area contributed by atoms with Gasteiger partial charge in [-0.15, -0.1) is 0 Å². The Morgan fingerprint density at radius 1 is 1.35 bits per heavy atom. The molecule has 1 aliphatic heterocycles. The number of fused-ring (bicyclic) bond motifs is 1. The summed E-state index contributed by atoms with van der Waals surface area (Å²) in [4.78, 5) is 32.0. The second-order valence-corrected chi connectivity index (χ2v) is 6.54.